The van der Waals surface area contributed by atoms with Crippen molar-refractivity contribution in [2.75, 3.05) is 6.61 Å². The first kappa shape index (κ1) is 14.6. The fourth-order valence-corrected chi connectivity index (χ4v) is 1.97. The summed E-state index contributed by atoms with van der Waals surface area (Å²) in [6.07, 6.45) is 3.34. The second-order valence-corrected chi connectivity index (χ2v) is 4.30. The monoisotopic (exact) mass is 286 g/mol. The van der Waals surface area contributed by atoms with E-state index in [1.54, 1.807) is 37.5 Å². The number of nitro groups is 1. The van der Waals surface area contributed by atoms with Crippen LogP contribution in [0.25, 0.3) is 0 Å². The van der Waals surface area contributed by atoms with Crippen LogP contribution in [-0.2, 0) is 6.42 Å². The van der Waals surface area contributed by atoms with Crippen molar-refractivity contribution in [1.82, 2.24) is 4.98 Å². The predicted octanol–water partition coefficient (Wildman–Crippen LogP) is 2.81. The van der Waals surface area contributed by atoms with Gasteiger partial charge >= 0.3 is 5.69 Å². The number of hydrogen-bond acceptors (Lipinski definition) is 5. The molecule has 0 bridgehead atoms. The molecule has 0 atom stereocenters. The highest BCUT2D eigenvalue weighted by molar-refractivity contribution is 6.01. The zero-order valence-corrected chi connectivity index (χ0v) is 11.5. The summed E-state index contributed by atoms with van der Waals surface area (Å²) in [7, 11) is 0. The zero-order valence-electron chi connectivity index (χ0n) is 11.5. The van der Waals surface area contributed by atoms with E-state index in [2.05, 4.69) is 4.98 Å². The molecule has 0 saturated heterocycles. The molecule has 0 N–H and O–H groups in total. The molecule has 0 aliphatic rings. The lowest BCUT2D eigenvalue weighted by Gasteiger charge is -2.09. The van der Waals surface area contributed by atoms with Gasteiger partial charge in [0.25, 0.3) is 0 Å². The van der Waals surface area contributed by atoms with Gasteiger partial charge in [0.2, 0.25) is 5.75 Å². The van der Waals surface area contributed by atoms with E-state index in [0.29, 0.717) is 0 Å². The van der Waals surface area contributed by atoms with Crippen LogP contribution in [0.2, 0.25) is 0 Å². The standard InChI is InChI=1S/C15H14N2O4/c1-2-21-15-12(4-3-5-13(15)17(19)20)14(18)10-11-6-8-16-9-7-11/h3-9H,2,10H2,1H3. The largest absolute Gasteiger partial charge is 0.487 e. The Morgan fingerprint density at radius 2 is 2.00 bits per heavy atom. The number of ether oxygens (including phenoxy) is 1. The molecule has 1 heterocycles. The number of nitrogens with zero attached hydrogens (tertiary/aromatic N) is 2. The molecule has 1 aromatic carbocycles. The van der Waals surface area contributed by atoms with Crippen LogP contribution in [-0.4, -0.2) is 22.3 Å². The maximum atomic E-state index is 12.4. The van der Waals surface area contributed by atoms with Crippen molar-refractivity contribution in [2.45, 2.75) is 13.3 Å². The van der Waals surface area contributed by atoms with E-state index in [1.807, 2.05) is 0 Å². The van der Waals surface area contributed by atoms with Gasteiger partial charge in [0.15, 0.2) is 5.78 Å². The Hall–Kier alpha value is -2.76. The lowest BCUT2D eigenvalue weighted by molar-refractivity contribution is -0.385. The third-order valence-corrected chi connectivity index (χ3v) is 2.89. The SMILES string of the molecule is CCOc1c(C(=O)Cc2ccncc2)cccc1[N+](=O)[O-]. The van der Waals surface area contributed by atoms with Crippen LogP contribution in [0.15, 0.2) is 42.7 Å². The second kappa shape index (κ2) is 6.60. The van der Waals surface area contributed by atoms with Crippen LogP contribution in [0, 0.1) is 10.1 Å². The van der Waals surface area contributed by atoms with E-state index in [-0.39, 0.29) is 35.8 Å². The summed E-state index contributed by atoms with van der Waals surface area (Å²) < 4.78 is 5.31. The molecule has 21 heavy (non-hydrogen) atoms. The number of rotatable bonds is 6. The Balaban J connectivity index is 2.36. The van der Waals surface area contributed by atoms with Crippen molar-refractivity contribution in [3.05, 3.63) is 64.0 Å². The molecule has 0 radical (unpaired) electrons. The van der Waals surface area contributed by atoms with Gasteiger partial charge in [-0.3, -0.25) is 19.9 Å². The number of pyridine rings is 1. The first-order valence-corrected chi connectivity index (χ1v) is 6.45. The molecule has 0 aliphatic carbocycles. The first-order chi connectivity index (χ1) is 10.1. The first-order valence-electron chi connectivity index (χ1n) is 6.45. The van der Waals surface area contributed by atoms with Gasteiger partial charge in [0.05, 0.1) is 17.1 Å². The summed E-state index contributed by atoms with van der Waals surface area (Å²) in [5.74, 6) is -0.197. The van der Waals surface area contributed by atoms with Crippen molar-refractivity contribution in [3.8, 4) is 5.75 Å². The number of Topliss-reactive ketones (excluding diaryl/α,β-unsaturated/α-hetero) is 1. The summed E-state index contributed by atoms with van der Waals surface area (Å²) in [5, 5.41) is 11.0. The zero-order chi connectivity index (χ0) is 15.2. The van der Waals surface area contributed by atoms with E-state index in [4.69, 9.17) is 4.74 Å². The third kappa shape index (κ3) is 3.42. The van der Waals surface area contributed by atoms with Crippen molar-refractivity contribution in [1.29, 1.82) is 0 Å². The highest BCUT2D eigenvalue weighted by Crippen LogP contribution is 2.31. The Kier molecular flexibility index (Phi) is 4.61. The quantitative estimate of drug-likeness (QED) is 0.463. The summed E-state index contributed by atoms with van der Waals surface area (Å²) in [6, 6.07) is 7.82. The van der Waals surface area contributed by atoms with E-state index < -0.39 is 4.92 Å². The number of carbonyl (C=O) groups is 1. The normalized spacial score (nSPS) is 10.1. The maximum Gasteiger partial charge on any atom is 0.311 e. The molecule has 0 saturated carbocycles. The molecular formula is C15H14N2O4. The third-order valence-electron chi connectivity index (χ3n) is 2.89. The minimum atomic E-state index is -0.547. The van der Waals surface area contributed by atoms with E-state index >= 15 is 0 Å². The summed E-state index contributed by atoms with van der Waals surface area (Å²) in [5.41, 5.74) is 0.823. The molecule has 6 nitrogen and oxygen atoms in total. The van der Waals surface area contributed by atoms with Crippen LogP contribution in [0.4, 0.5) is 5.69 Å². The van der Waals surface area contributed by atoms with Gasteiger partial charge < -0.3 is 4.74 Å². The summed E-state index contributed by atoms with van der Waals surface area (Å²) in [6.45, 7) is 1.97. The van der Waals surface area contributed by atoms with Gasteiger partial charge in [0, 0.05) is 24.9 Å². The van der Waals surface area contributed by atoms with Crippen LogP contribution < -0.4 is 4.74 Å². The molecule has 2 rings (SSSR count). The Labute approximate surface area is 121 Å². The molecule has 108 valence electrons. The highest BCUT2D eigenvalue weighted by Gasteiger charge is 2.22. The van der Waals surface area contributed by atoms with Crippen LogP contribution in [0.1, 0.15) is 22.8 Å². The molecule has 0 spiro atoms. The van der Waals surface area contributed by atoms with E-state index in [1.165, 1.54) is 12.1 Å². The van der Waals surface area contributed by atoms with E-state index in [9.17, 15) is 14.9 Å². The smallest absolute Gasteiger partial charge is 0.311 e. The highest BCUT2D eigenvalue weighted by atomic mass is 16.6. The Morgan fingerprint density at radius 3 is 2.62 bits per heavy atom. The summed E-state index contributed by atoms with van der Waals surface area (Å²) in [4.78, 5) is 26.7. The maximum absolute atomic E-state index is 12.4. The van der Waals surface area contributed by atoms with Crippen molar-refractivity contribution >= 4 is 11.5 Å². The molecule has 6 heteroatoms. The van der Waals surface area contributed by atoms with Crippen molar-refractivity contribution < 1.29 is 14.5 Å². The predicted molar refractivity (Wildman–Crippen MR) is 76.5 cm³/mol. The Morgan fingerprint density at radius 1 is 1.29 bits per heavy atom. The number of benzene rings is 1. The number of nitro benzene ring substituents is 1. The van der Waals surface area contributed by atoms with Crippen molar-refractivity contribution in [3.63, 3.8) is 0 Å². The van der Waals surface area contributed by atoms with Gasteiger partial charge in [-0.1, -0.05) is 6.07 Å². The number of ketones is 1. The lowest BCUT2D eigenvalue weighted by Crippen LogP contribution is -2.08. The minimum Gasteiger partial charge on any atom is -0.487 e. The number of carbonyl (C=O) groups excluding carboxylic acids is 1. The fourth-order valence-electron chi connectivity index (χ4n) is 1.97. The lowest BCUT2D eigenvalue weighted by atomic mass is 10.0. The molecule has 0 aliphatic heterocycles. The van der Waals surface area contributed by atoms with Crippen molar-refractivity contribution in [2.24, 2.45) is 0 Å². The van der Waals surface area contributed by atoms with Gasteiger partial charge in [-0.05, 0) is 30.7 Å². The van der Waals surface area contributed by atoms with Gasteiger partial charge in [0.1, 0.15) is 0 Å². The molecule has 2 aromatic rings. The molecule has 0 unspecified atom stereocenters. The second-order valence-electron chi connectivity index (χ2n) is 4.30. The van der Waals surface area contributed by atoms with Gasteiger partial charge in [-0.25, -0.2) is 0 Å². The average molecular weight is 286 g/mol. The number of para-hydroxylation sites is 1. The van der Waals surface area contributed by atoms with Crippen LogP contribution >= 0.6 is 0 Å². The Bertz CT molecular complexity index is 656. The van der Waals surface area contributed by atoms with E-state index in [0.717, 1.165) is 5.56 Å². The minimum absolute atomic E-state index is 0.0315. The van der Waals surface area contributed by atoms with Crippen LogP contribution in [0.3, 0.4) is 0 Å². The molecular weight excluding hydrogens is 272 g/mol. The van der Waals surface area contributed by atoms with Gasteiger partial charge in [-0.2, -0.15) is 0 Å². The number of hydrogen-bond donors (Lipinski definition) is 0. The molecule has 0 amide bonds. The average Bonchev–Trinajstić information content (AvgIpc) is 2.48. The molecule has 0 fully saturated rings. The number of aromatic nitrogens is 1. The fraction of sp³-hybridized carbons (Fsp3) is 0.200. The van der Waals surface area contributed by atoms with Crippen LogP contribution in [0.5, 0.6) is 5.75 Å². The molecule has 1 aromatic heterocycles. The van der Waals surface area contributed by atoms with Gasteiger partial charge in [-0.15, -0.1) is 0 Å². The summed E-state index contributed by atoms with van der Waals surface area (Å²) >= 11 is 0. The topological polar surface area (TPSA) is 82.3 Å².